The van der Waals surface area contributed by atoms with Crippen LogP contribution in [-0.2, 0) is 22.6 Å². The fourth-order valence-electron chi connectivity index (χ4n) is 4.06. The molecule has 2 unspecified atom stereocenters. The maximum absolute atomic E-state index is 15.5. The molecule has 1 aliphatic carbocycles. The third kappa shape index (κ3) is 3.55. The number of anilines is 1. The minimum absolute atomic E-state index is 0.00734. The third-order valence-electron chi connectivity index (χ3n) is 5.72. The highest BCUT2D eigenvalue weighted by Crippen LogP contribution is 2.48. The van der Waals surface area contributed by atoms with Gasteiger partial charge in [0.15, 0.2) is 5.82 Å². The van der Waals surface area contributed by atoms with E-state index in [-0.39, 0.29) is 30.2 Å². The Morgan fingerprint density at radius 3 is 2.63 bits per heavy atom. The largest absolute Gasteiger partial charge is 0.487 e. The molecule has 1 saturated carbocycles. The molecule has 5 rings (SSSR count). The summed E-state index contributed by atoms with van der Waals surface area (Å²) < 4.78 is 37.1. The number of carbonyl (C=O) groups is 1. The molecule has 0 radical (unpaired) electrons. The molecule has 2 aromatic rings. The van der Waals surface area contributed by atoms with Gasteiger partial charge in [-0.1, -0.05) is 42.2 Å². The summed E-state index contributed by atoms with van der Waals surface area (Å²) in [6.07, 6.45) is 0. The van der Waals surface area contributed by atoms with Crippen molar-refractivity contribution in [3.8, 4) is 17.6 Å². The lowest BCUT2D eigenvalue weighted by Crippen LogP contribution is -2.24. The van der Waals surface area contributed by atoms with Gasteiger partial charge in [0, 0.05) is 5.92 Å². The van der Waals surface area contributed by atoms with Crippen LogP contribution in [-0.4, -0.2) is 29.8 Å². The van der Waals surface area contributed by atoms with Crippen molar-refractivity contribution in [2.45, 2.75) is 6.61 Å². The second-order valence-corrected chi connectivity index (χ2v) is 8.78. The zero-order valence-electron chi connectivity index (χ0n) is 16.1. The van der Waals surface area contributed by atoms with E-state index in [9.17, 15) is 9.00 Å². The minimum Gasteiger partial charge on any atom is -0.487 e. The molecule has 0 bridgehead atoms. The van der Waals surface area contributed by atoms with Crippen LogP contribution in [0, 0.1) is 35.4 Å². The molecule has 154 valence electrons. The van der Waals surface area contributed by atoms with Gasteiger partial charge in [0.05, 0.1) is 5.56 Å². The quantitative estimate of drug-likeness (QED) is 0.733. The van der Waals surface area contributed by atoms with Gasteiger partial charge in [0.1, 0.15) is 24.6 Å². The molecule has 1 amide bonds. The van der Waals surface area contributed by atoms with Gasteiger partial charge in [0.25, 0.3) is 5.91 Å². The smallest absolute Gasteiger partial charge is 0.253 e. The van der Waals surface area contributed by atoms with Gasteiger partial charge in [0.2, 0.25) is 11.2 Å². The van der Waals surface area contributed by atoms with Gasteiger partial charge in [-0.25, -0.2) is 8.60 Å². The number of amides is 1. The van der Waals surface area contributed by atoms with Crippen LogP contribution in [0.25, 0.3) is 0 Å². The number of rotatable bonds is 4. The SMILES string of the molecule is O=C1CN(c2c(OCc3ccccc3)ccc(C#CC3[C@H]4CNC[C@@H]34)c2F)S(=O)N1. The van der Waals surface area contributed by atoms with Crippen LogP contribution in [0.2, 0.25) is 0 Å². The van der Waals surface area contributed by atoms with Crippen molar-refractivity contribution in [1.29, 1.82) is 0 Å². The van der Waals surface area contributed by atoms with E-state index in [0.29, 0.717) is 17.8 Å². The fourth-order valence-corrected chi connectivity index (χ4v) is 5.00. The van der Waals surface area contributed by atoms with E-state index in [0.717, 1.165) is 18.7 Å². The number of nitrogens with zero attached hydrogens (tertiary/aromatic N) is 1. The van der Waals surface area contributed by atoms with Crippen molar-refractivity contribution in [1.82, 2.24) is 10.0 Å². The van der Waals surface area contributed by atoms with Crippen LogP contribution < -0.4 is 19.1 Å². The van der Waals surface area contributed by atoms with Crippen LogP contribution in [0.5, 0.6) is 5.75 Å². The van der Waals surface area contributed by atoms with Crippen molar-refractivity contribution in [3.05, 3.63) is 59.4 Å². The van der Waals surface area contributed by atoms with E-state index in [2.05, 4.69) is 21.9 Å². The van der Waals surface area contributed by atoms with E-state index in [4.69, 9.17) is 4.74 Å². The molecule has 2 aliphatic heterocycles. The van der Waals surface area contributed by atoms with Gasteiger partial charge in [-0.15, -0.1) is 0 Å². The van der Waals surface area contributed by atoms with Crippen molar-refractivity contribution in [3.63, 3.8) is 0 Å². The molecule has 2 aromatic carbocycles. The van der Waals surface area contributed by atoms with Crippen molar-refractivity contribution in [2.75, 3.05) is 23.9 Å². The summed E-state index contributed by atoms with van der Waals surface area (Å²) in [4.78, 5) is 11.7. The summed E-state index contributed by atoms with van der Waals surface area (Å²) in [5, 5.41) is 3.31. The normalized spacial score (nSPS) is 26.6. The predicted octanol–water partition coefficient (Wildman–Crippen LogP) is 1.74. The van der Waals surface area contributed by atoms with E-state index in [1.165, 1.54) is 4.31 Å². The van der Waals surface area contributed by atoms with Crippen LogP contribution >= 0.6 is 0 Å². The summed E-state index contributed by atoms with van der Waals surface area (Å²) in [5.74, 6) is 6.71. The highest BCUT2D eigenvalue weighted by atomic mass is 32.2. The van der Waals surface area contributed by atoms with Crippen LogP contribution in [0.15, 0.2) is 42.5 Å². The molecule has 4 atom stereocenters. The van der Waals surface area contributed by atoms with Crippen LogP contribution in [0.4, 0.5) is 10.1 Å². The predicted molar refractivity (Wildman–Crippen MR) is 111 cm³/mol. The van der Waals surface area contributed by atoms with Crippen molar-refractivity contribution < 1.29 is 18.1 Å². The summed E-state index contributed by atoms with van der Waals surface area (Å²) >= 11 is -1.87. The van der Waals surface area contributed by atoms with Crippen LogP contribution in [0.1, 0.15) is 11.1 Å². The number of benzene rings is 2. The monoisotopic (exact) mass is 425 g/mol. The molecule has 3 fully saturated rings. The number of ether oxygens (including phenoxy) is 1. The first-order valence-corrected chi connectivity index (χ1v) is 10.9. The Hall–Kier alpha value is -2.89. The van der Waals surface area contributed by atoms with Gasteiger partial charge in [-0.05, 0) is 42.6 Å². The highest BCUT2D eigenvalue weighted by Gasteiger charge is 2.51. The first kappa shape index (κ1) is 19.1. The summed E-state index contributed by atoms with van der Waals surface area (Å²) in [7, 11) is 0. The Balaban J connectivity index is 1.45. The topological polar surface area (TPSA) is 70.7 Å². The first-order chi connectivity index (χ1) is 14.6. The minimum atomic E-state index is -1.87. The number of nitrogens with one attached hydrogen (secondary N) is 2. The van der Waals surface area contributed by atoms with Gasteiger partial charge in [-0.3, -0.25) is 13.8 Å². The van der Waals surface area contributed by atoms with Crippen molar-refractivity contribution >= 4 is 22.8 Å². The van der Waals surface area contributed by atoms with Gasteiger partial charge < -0.3 is 10.1 Å². The third-order valence-corrected chi connectivity index (χ3v) is 6.83. The molecule has 3 aliphatic rings. The Morgan fingerprint density at radius 2 is 1.93 bits per heavy atom. The molecule has 2 heterocycles. The molecule has 8 heteroatoms. The lowest BCUT2D eigenvalue weighted by molar-refractivity contribution is -0.117. The molecule has 0 aromatic heterocycles. The zero-order valence-corrected chi connectivity index (χ0v) is 16.9. The van der Waals surface area contributed by atoms with E-state index in [1.807, 2.05) is 30.3 Å². The van der Waals surface area contributed by atoms with E-state index in [1.54, 1.807) is 12.1 Å². The molecule has 30 heavy (non-hydrogen) atoms. The first-order valence-electron chi connectivity index (χ1n) is 9.82. The Bertz CT molecular complexity index is 1070. The molecular formula is C22H20FN3O3S. The molecular weight excluding hydrogens is 405 g/mol. The second kappa shape index (κ2) is 7.74. The number of fused-ring (bicyclic) bond motifs is 1. The number of hydrogen-bond acceptors (Lipinski definition) is 4. The van der Waals surface area contributed by atoms with E-state index >= 15 is 4.39 Å². The molecule has 2 N–H and O–H groups in total. The number of hydrogen-bond donors (Lipinski definition) is 2. The average Bonchev–Trinajstić information content (AvgIpc) is 3.03. The maximum Gasteiger partial charge on any atom is 0.253 e. The fraction of sp³-hybridized carbons (Fsp3) is 0.318. The lowest BCUT2D eigenvalue weighted by atomic mass is 10.1. The molecule has 0 spiro atoms. The number of carbonyl (C=O) groups excluding carboxylic acids is 1. The highest BCUT2D eigenvalue weighted by molar-refractivity contribution is 7.85. The van der Waals surface area contributed by atoms with Gasteiger partial charge in [-0.2, -0.15) is 0 Å². The summed E-state index contributed by atoms with van der Waals surface area (Å²) in [5.41, 5.74) is 1.12. The Kier molecular flexibility index (Phi) is 4.93. The van der Waals surface area contributed by atoms with Crippen LogP contribution in [0.3, 0.4) is 0 Å². The van der Waals surface area contributed by atoms with Crippen molar-refractivity contribution in [2.24, 2.45) is 17.8 Å². The summed E-state index contributed by atoms with van der Waals surface area (Å²) in [6, 6.07) is 12.7. The number of piperidine rings is 1. The molecule has 6 nitrogen and oxygen atoms in total. The Morgan fingerprint density at radius 1 is 1.17 bits per heavy atom. The molecule has 2 saturated heterocycles. The van der Waals surface area contributed by atoms with Gasteiger partial charge >= 0.3 is 0 Å². The maximum atomic E-state index is 15.5. The Labute approximate surface area is 176 Å². The lowest BCUT2D eigenvalue weighted by Gasteiger charge is -2.19. The standard InChI is InChI=1S/C22H20FN3O3S/c23-21-15(6-8-16-17-10-24-11-18(16)17)7-9-19(29-13-14-4-2-1-3-5-14)22(21)26-12-20(27)25-30(26)28/h1-5,7,9,16-18,24H,10-13H2,(H,25,27)/t16?,17-,18+,30?. The average molecular weight is 425 g/mol. The summed E-state index contributed by atoms with van der Waals surface area (Å²) in [6.45, 7) is 1.94. The number of halogens is 1. The zero-order chi connectivity index (χ0) is 20.7. The van der Waals surface area contributed by atoms with E-state index < -0.39 is 22.9 Å². The second-order valence-electron chi connectivity index (χ2n) is 7.64.